The maximum Gasteiger partial charge on any atom is 0.243 e. The Balaban J connectivity index is 0.00000242. The summed E-state index contributed by atoms with van der Waals surface area (Å²) in [6.07, 6.45) is 1.55. The van der Waals surface area contributed by atoms with Crippen LogP contribution >= 0.6 is 12.4 Å². The minimum Gasteiger partial charge on any atom is -0.328 e. The summed E-state index contributed by atoms with van der Waals surface area (Å²) in [5.41, 5.74) is 6.60. The number of rotatable bonds is 3. The zero-order valence-corrected chi connectivity index (χ0v) is 14.8. The van der Waals surface area contributed by atoms with Crippen molar-refractivity contribution < 1.29 is 12.8 Å². The van der Waals surface area contributed by atoms with Crippen molar-refractivity contribution in [3.05, 3.63) is 29.1 Å². The molecule has 1 aliphatic heterocycles. The molecule has 0 bridgehead atoms. The van der Waals surface area contributed by atoms with Crippen LogP contribution in [0.2, 0.25) is 0 Å². The Morgan fingerprint density at radius 1 is 1.23 bits per heavy atom. The molecule has 1 unspecified atom stereocenters. The first-order valence-electron chi connectivity index (χ1n) is 7.26. The molecule has 0 spiro atoms. The topological polar surface area (TPSA) is 63.4 Å². The molecule has 2 N–H and O–H groups in total. The molecule has 1 heterocycles. The van der Waals surface area contributed by atoms with Crippen LogP contribution in [-0.2, 0) is 10.0 Å². The zero-order valence-electron chi connectivity index (χ0n) is 13.2. The van der Waals surface area contributed by atoms with E-state index in [1.54, 1.807) is 13.8 Å². The van der Waals surface area contributed by atoms with Gasteiger partial charge in [0.2, 0.25) is 10.0 Å². The maximum absolute atomic E-state index is 13.7. The summed E-state index contributed by atoms with van der Waals surface area (Å²) in [7, 11) is -3.55. The lowest BCUT2D eigenvalue weighted by Gasteiger charge is -2.33. The van der Waals surface area contributed by atoms with Crippen molar-refractivity contribution in [3.63, 3.8) is 0 Å². The molecule has 1 saturated heterocycles. The lowest BCUT2D eigenvalue weighted by Crippen LogP contribution is -2.42. The Kier molecular flexibility index (Phi) is 6.38. The summed E-state index contributed by atoms with van der Waals surface area (Å²) in [5, 5.41) is 0. The van der Waals surface area contributed by atoms with Gasteiger partial charge in [-0.2, -0.15) is 4.31 Å². The van der Waals surface area contributed by atoms with E-state index >= 15 is 0 Å². The van der Waals surface area contributed by atoms with Crippen LogP contribution in [0.25, 0.3) is 0 Å². The number of hydrogen-bond acceptors (Lipinski definition) is 3. The number of aryl methyl sites for hydroxylation is 2. The van der Waals surface area contributed by atoms with Crippen molar-refractivity contribution in [3.8, 4) is 0 Å². The Morgan fingerprint density at radius 2 is 1.68 bits per heavy atom. The second-order valence-electron chi connectivity index (χ2n) is 5.97. The van der Waals surface area contributed by atoms with Gasteiger partial charge in [0.15, 0.2) is 0 Å². The van der Waals surface area contributed by atoms with Gasteiger partial charge in [-0.15, -0.1) is 12.4 Å². The number of hydrogen-bond donors (Lipinski definition) is 1. The average molecular weight is 351 g/mol. The molecule has 4 nitrogen and oxygen atoms in total. The van der Waals surface area contributed by atoms with Crippen molar-refractivity contribution in [2.45, 2.75) is 44.6 Å². The third-order valence-electron chi connectivity index (χ3n) is 4.29. The van der Waals surface area contributed by atoms with E-state index in [9.17, 15) is 12.8 Å². The van der Waals surface area contributed by atoms with Crippen LogP contribution in [0.4, 0.5) is 4.39 Å². The molecule has 1 aromatic rings. The molecule has 0 radical (unpaired) electrons. The second-order valence-corrected chi connectivity index (χ2v) is 7.91. The molecule has 2 rings (SSSR count). The molecule has 0 saturated carbocycles. The molecular formula is C15H24ClFN2O2S. The summed E-state index contributed by atoms with van der Waals surface area (Å²) in [5.74, 6) is 0.0257. The lowest BCUT2D eigenvalue weighted by molar-refractivity contribution is 0.250. The van der Waals surface area contributed by atoms with Gasteiger partial charge in [0.25, 0.3) is 0 Å². The maximum atomic E-state index is 13.7. The molecule has 0 amide bonds. The van der Waals surface area contributed by atoms with Gasteiger partial charge < -0.3 is 5.73 Å². The highest BCUT2D eigenvalue weighted by Crippen LogP contribution is 2.27. The quantitative estimate of drug-likeness (QED) is 0.911. The van der Waals surface area contributed by atoms with E-state index in [4.69, 9.17) is 5.73 Å². The van der Waals surface area contributed by atoms with Gasteiger partial charge >= 0.3 is 0 Å². The van der Waals surface area contributed by atoms with E-state index in [2.05, 4.69) is 0 Å². The minimum atomic E-state index is -3.55. The average Bonchev–Trinajstić information content (AvgIpc) is 2.44. The molecule has 22 heavy (non-hydrogen) atoms. The number of piperidine rings is 1. The van der Waals surface area contributed by atoms with Crippen LogP contribution in [0.5, 0.6) is 0 Å². The van der Waals surface area contributed by atoms with Crippen molar-refractivity contribution in [2.24, 2.45) is 11.7 Å². The predicted molar refractivity (Wildman–Crippen MR) is 88.3 cm³/mol. The molecular weight excluding hydrogens is 327 g/mol. The molecule has 0 aliphatic carbocycles. The van der Waals surface area contributed by atoms with Crippen LogP contribution in [-0.4, -0.2) is 31.9 Å². The van der Waals surface area contributed by atoms with Gasteiger partial charge in [-0.25, -0.2) is 12.8 Å². The van der Waals surface area contributed by atoms with Gasteiger partial charge in [0.1, 0.15) is 5.82 Å². The van der Waals surface area contributed by atoms with E-state index in [0.29, 0.717) is 30.1 Å². The van der Waals surface area contributed by atoms with Crippen molar-refractivity contribution >= 4 is 22.4 Å². The third-order valence-corrected chi connectivity index (χ3v) is 6.17. The van der Waals surface area contributed by atoms with Gasteiger partial charge in [-0.3, -0.25) is 0 Å². The van der Waals surface area contributed by atoms with Crippen LogP contribution in [0, 0.1) is 25.6 Å². The van der Waals surface area contributed by atoms with Crippen molar-refractivity contribution in [2.75, 3.05) is 13.1 Å². The molecule has 1 fully saturated rings. The summed E-state index contributed by atoms with van der Waals surface area (Å²) >= 11 is 0. The van der Waals surface area contributed by atoms with E-state index in [1.807, 2.05) is 6.92 Å². The number of benzene rings is 1. The highest BCUT2D eigenvalue weighted by molar-refractivity contribution is 7.89. The van der Waals surface area contributed by atoms with Gasteiger partial charge in [-0.05, 0) is 62.8 Å². The normalized spacial score (nSPS) is 18.8. The molecule has 126 valence electrons. The fourth-order valence-electron chi connectivity index (χ4n) is 2.85. The summed E-state index contributed by atoms with van der Waals surface area (Å²) in [6.45, 7) is 6.09. The monoisotopic (exact) mass is 350 g/mol. The summed E-state index contributed by atoms with van der Waals surface area (Å²) in [6, 6.07) is 2.91. The number of sulfonamides is 1. The zero-order chi connectivity index (χ0) is 15.8. The first kappa shape index (κ1) is 19.4. The SMILES string of the molecule is Cc1cc(S(=O)(=O)N2CCC(C(C)N)CC2)cc(C)c1F.Cl. The number of nitrogens with two attached hydrogens (primary N) is 1. The highest BCUT2D eigenvalue weighted by atomic mass is 35.5. The molecule has 0 aromatic heterocycles. The lowest BCUT2D eigenvalue weighted by atomic mass is 9.92. The Morgan fingerprint density at radius 3 is 2.09 bits per heavy atom. The predicted octanol–water partition coefficient (Wildman–Crippen LogP) is 2.61. The van der Waals surface area contributed by atoms with E-state index < -0.39 is 10.0 Å². The fourth-order valence-corrected chi connectivity index (χ4v) is 4.49. The smallest absolute Gasteiger partial charge is 0.243 e. The summed E-state index contributed by atoms with van der Waals surface area (Å²) < 4.78 is 40.4. The second kappa shape index (κ2) is 7.25. The molecule has 1 atom stereocenters. The van der Waals surface area contributed by atoms with Gasteiger partial charge in [0, 0.05) is 19.1 Å². The van der Waals surface area contributed by atoms with Crippen LogP contribution < -0.4 is 5.73 Å². The van der Waals surface area contributed by atoms with E-state index in [-0.39, 0.29) is 29.2 Å². The van der Waals surface area contributed by atoms with Gasteiger partial charge in [0.05, 0.1) is 4.90 Å². The fraction of sp³-hybridized carbons (Fsp3) is 0.600. The highest BCUT2D eigenvalue weighted by Gasteiger charge is 2.31. The molecule has 1 aromatic carbocycles. The first-order valence-corrected chi connectivity index (χ1v) is 8.70. The van der Waals surface area contributed by atoms with E-state index in [0.717, 1.165) is 12.8 Å². The van der Waals surface area contributed by atoms with E-state index in [1.165, 1.54) is 16.4 Å². The molecule has 7 heteroatoms. The first-order chi connectivity index (χ1) is 9.73. The van der Waals surface area contributed by atoms with Gasteiger partial charge in [-0.1, -0.05) is 0 Å². The minimum absolute atomic E-state index is 0. The molecule has 1 aliphatic rings. The Bertz CT molecular complexity index is 603. The van der Waals surface area contributed by atoms with Crippen LogP contribution in [0.15, 0.2) is 17.0 Å². The Hall–Kier alpha value is -0.690. The van der Waals surface area contributed by atoms with Crippen LogP contribution in [0.1, 0.15) is 30.9 Å². The third kappa shape index (κ3) is 3.79. The standard InChI is InChI=1S/C15H23FN2O2S.ClH/c1-10-8-14(9-11(2)15(10)16)21(19,20)18-6-4-13(5-7-18)12(3)17;/h8-9,12-13H,4-7,17H2,1-3H3;1H. The number of nitrogens with zero attached hydrogens (tertiary/aromatic N) is 1. The number of halogens is 2. The van der Waals surface area contributed by atoms with Crippen molar-refractivity contribution in [1.82, 2.24) is 4.31 Å². The van der Waals surface area contributed by atoms with Crippen LogP contribution in [0.3, 0.4) is 0 Å². The Labute approximate surface area is 138 Å². The van der Waals surface area contributed by atoms with Crippen molar-refractivity contribution in [1.29, 1.82) is 0 Å². The summed E-state index contributed by atoms with van der Waals surface area (Å²) in [4.78, 5) is 0.179. The largest absolute Gasteiger partial charge is 0.328 e.